The van der Waals surface area contributed by atoms with Gasteiger partial charge >= 0.3 is 5.97 Å². The van der Waals surface area contributed by atoms with Crippen LogP contribution in [-0.4, -0.2) is 39.4 Å². The van der Waals surface area contributed by atoms with E-state index in [1.165, 1.54) is 5.69 Å². The third-order valence-electron chi connectivity index (χ3n) is 7.89. The zero-order valence-electron chi connectivity index (χ0n) is 18.3. The van der Waals surface area contributed by atoms with Crippen LogP contribution in [-0.2, 0) is 19.4 Å². The van der Waals surface area contributed by atoms with E-state index in [0.29, 0.717) is 49.6 Å². The molecule has 0 radical (unpaired) electrons. The van der Waals surface area contributed by atoms with Gasteiger partial charge in [0.25, 0.3) is 0 Å². The van der Waals surface area contributed by atoms with Crippen LogP contribution < -0.4 is 4.90 Å². The van der Waals surface area contributed by atoms with Gasteiger partial charge in [0.15, 0.2) is 0 Å². The topological polar surface area (TPSA) is 65.7 Å². The Morgan fingerprint density at radius 1 is 1.29 bits per heavy atom. The minimum absolute atomic E-state index is 0.458. The van der Waals surface area contributed by atoms with E-state index < -0.39 is 11.6 Å². The Labute approximate surface area is 188 Å². The highest BCUT2D eigenvalue weighted by Gasteiger charge is 2.50. The van der Waals surface area contributed by atoms with Crippen molar-refractivity contribution < 1.29 is 15.0 Å². The zero-order chi connectivity index (χ0) is 21.9. The Morgan fingerprint density at radius 3 is 2.71 bits per heavy atom. The molecular weight excluding hydrogens is 412 g/mol. The SMILES string of the molecule is CCc1c(C(=O)O)c2c(n1CCC1(O)CCN(c3cccc(Cl)c3C)CC1)CC1CC21. The molecule has 5 nitrogen and oxygen atoms in total. The summed E-state index contributed by atoms with van der Waals surface area (Å²) in [6, 6.07) is 5.99. The second-order valence-corrected chi connectivity index (χ2v) is 10.1. The third-order valence-corrected chi connectivity index (χ3v) is 8.30. The number of piperidine rings is 1. The predicted octanol–water partition coefficient (Wildman–Crippen LogP) is 4.79. The molecule has 0 bridgehead atoms. The molecule has 1 aromatic heterocycles. The summed E-state index contributed by atoms with van der Waals surface area (Å²) in [5.74, 6) is 0.316. The van der Waals surface area contributed by atoms with Crippen LogP contribution in [0.2, 0.25) is 5.02 Å². The first kappa shape index (κ1) is 20.9. The van der Waals surface area contributed by atoms with E-state index in [0.717, 1.165) is 53.5 Å². The van der Waals surface area contributed by atoms with Crippen LogP contribution in [0.15, 0.2) is 18.2 Å². The number of benzene rings is 1. The van der Waals surface area contributed by atoms with Crippen molar-refractivity contribution in [1.82, 2.24) is 4.57 Å². The van der Waals surface area contributed by atoms with Crippen LogP contribution in [0.25, 0.3) is 0 Å². The quantitative estimate of drug-likeness (QED) is 0.674. The van der Waals surface area contributed by atoms with Crippen LogP contribution in [0, 0.1) is 12.8 Å². The normalized spacial score (nSPS) is 23.5. The molecule has 2 heterocycles. The Kier molecular flexibility index (Phi) is 5.10. The number of carbonyl (C=O) groups is 1. The maximum atomic E-state index is 12.0. The number of aliphatic hydroxyl groups is 1. The molecule has 2 aliphatic carbocycles. The highest BCUT2D eigenvalue weighted by atomic mass is 35.5. The summed E-state index contributed by atoms with van der Waals surface area (Å²) >= 11 is 6.30. The number of hydrogen-bond acceptors (Lipinski definition) is 3. The number of halogens is 1. The van der Waals surface area contributed by atoms with Crippen LogP contribution in [0.1, 0.15) is 71.4 Å². The van der Waals surface area contributed by atoms with Gasteiger partial charge in [-0.15, -0.1) is 0 Å². The summed E-state index contributed by atoms with van der Waals surface area (Å²) in [7, 11) is 0. The van der Waals surface area contributed by atoms with Crippen molar-refractivity contribution in [3.05, 3.63) is 51.3 Å². The first-order valence-electron chi connectivity index (χ1n) is 11.5. The number of carboxylic acids is 1. The zero-order valence-corrected chi connectivity index (χ0v) is 19.1. The molecular formula is C25H31ClN2O3. The minimum Gasteiger partial charge on any atom is -0.478 e. The average Bonchev–Trinajstić information content (AvgIpc) is 3.29. The second kappa shape index (κ2) is 7.56. The molecule has 2 N–H and O–H groups in total. The maximum Gasteiger partial charge on any atom is 0.337 e. The molecule has 2 aromatic rings. The number of aromatic nitrogens is 1. The van der Waals surface area contributed by atoms with Crippen LogP contribution in [0.5, 0.6) is 0 Å². The molecule has 1 saturated heterocycles. The number of rotatable bonds is 6. The number of anilines is 1. The minimum atomic E-state index is -0.789. The Bertz CT molecular complexity index is 1040. The molecule has 2 unspecified atom stereocenters. The van der Waals surface area contributed by atoms with Crippen LogP contribution in [0.4, 0.5) is 5.69 Å². The smallest absolute Gasteiger partial charge is 0.337 e. The molecule has 166 valence electrons. The molecule has 1 aromatic carbocycles. The van der Waals surface area contributed by atoms with Gasteiger partial charge < -0.3 is 19.7 Å². The maximum absolute atomic E-state index is 12.0. The lowest BCUT2D eigenvalue weighted by Gasteiger charge is -2.40. The molecule has 0 amide bonds. The van der Waals surface area contributed by atoms with Gasteiger partial charge in [-0.25, -0.2) is 4.79 Å². The van der Waals surface area contributed by atoms with Crippen molar-refractivity contribution in [3.63, 3.8) is 0 Å². The molecule has 2 fully saturated rings. The fourth-order valence-electron chi connectivity index (χ4n) is 5.99. The van der Waals surface area contributed by atoms with Crippen molar-refractivity contribution in [3.8, 4) is 0 Å². The predicted molar refractivity (Wildman–Crippen MR) is 123 cm³/mol. The summed E-state index contributed by atoms with van der Waals surface area (Å²) in [5.41, 5.74) is 5.36. The van der Waals surface area contributed by atoms with E-state index in [1.807, 2.05) is 26.0 Å². The standard InChI is InChI=1S/C25H31ClN2O3/c1-3-19-23(24(29)30)22-17-13-16(17)14-21(22)28(19)12-9-25(31)7-10-27(11-8-25)20-6-4-5-18(26)15(20)2/h4-6,16-17,31H,3,7-14H2,1-2H3,(H,29,30). The monoisotopic (exact) mass is 442 g/mol. The van der Waals surface area contributed by atoms with Gasteiger partial charge in [-0.2, -0.15) is 0 Å². The van der Waals surface area contributed by atoms with Gasteiger partial charge in [-0.3, -0.25) is 0 Å². The molecule has 1 saturated carbocycles. The van der Waals surface area contributed by atoms with E-state index in [2.05, 4.69) is 15.5 Å². The van der Waals surface area contributed by atoms with Gasteiger partial charge in [0.2, 0.25) is 0 Å². The van der Waals surface area contributed by atoms with E-state index in [1.54, 1.807) is 0 Å². The van der Waals surface area contributed by atoms with Crippen molar-refractivity contribution in [2.24, 2.45) is 5.92 Å². The van der Waals surface area contributed by atoms with Gasteiger partial charge in [-0.05, 0) is 80.5 Å². The van der Waals surface area contributed by atoms with Gasteiger partial charge in [0.05, 0.1) is 11.2 Å². The molecule has 31 heavy (non-hydrogen) atoms. The van der Waals surface area contributed by atoms with E-state index >= 15 is 0 Å². The van der Waals surface area contributed by atoms with Crippen molar-refractivity contribution >= 4 is 23.3 Å². The highest BCUT2D eigenvalue weighted by molar-refractivity contribution is 6.31. The van der Waals surface area contributed by atoms with Crippen molar-refractivity contribution in [2.45, 2.75) is 70.4 Å². The first-order valence-corrected chi connectivity index (χ1v) is 11.9. The highest BCUT2D eigenvalue weighted by Crippen LogP contribution is 2.58. The summed E-state index contributed by atoms with van der Waals surface area (Å²) in [4.78, 5) is 14.3. The number of nitrogens with zero attached hydrogens (tertiary/aromatic N) is 2. The second-order valence-electron chi connectivity index (χ2n) is 9.64. The van der Waals surface area contributed by atoms with E-state index in [4.69, 9.17) is 11.6 Å². The fourth-order valence-corrected chi connectivity index (χ4v) is 6.16. The summed E-state index contributed by atoms with van der Waals surface area (Å²) < 4.78 is 2.25. The van der Waals surface area contributed by atoms with E-state index in [-0.39, 0.29) is 0 Å². The largest absolute Gasteiger partial charge is 0.478 e. The average molecular weight is 443 g/mol. The summed E-state index contributed by atoms with van der Waals surface area (Å²) in [6.45, 7) is 6.38. The Balaban J connectivity index is 1.31. The van der Waals surface area contributed by atoms with Gasteiger partial charge in [0.1, 0.15) is 0 Å². The lowest BCUT2D eigenvalue weighted by molar-refractivity contribution is 0.00394. The van der Waals surface area contributed by atoms with Gasteiger partial charge in [-0.1, -0.05) is 24.6 Å². The fraction of sp³-hybridized carbons (Fsp3) is 0.560. The Morgan fingerprint density at radius 2 is 2.03 bits per heavy atom. The molecule has 6 heteroatoms. The Hall–Kier alpha value is -1.98. The van der Waals surface area contributed by atoms with E-state index in [9.17, 15) is 15.0 Å². The van der Waals surface area contributed by atoms with Crippen molar-refractivity contribution in [1.29, 1.82) is 0 Å². The first-order chi connectivity index (χ1) is 14.8. The number of aromatic carboxylic acids is 1. The number of carboxylic acid groups (broad SMARTS) is 1. The van der Waals surface area contributed by atoms with Crippen LogP contribution >= 0.6 is 11.6 Å². The molecule has 3 aliphatic rings. The number of fused-ring (bicyclic) bond motifs is 3. The van der Waals surface area contributed by atoms with Crippen molar-refractivity contribution in [2.75, 3.05) is 18.0 Å². The van der Waals surface area contributed by atoms with Gasteiger partial charge in [0, 0.05) is 41.7 Å². The third kappa shape index (κ3) is 3.46. The molecule has 0 spiro atoms. The lowest BCUT2D eigenvalue weighted by Crippen LogP contribution is -2.45. The molecule has 1 aliphatic heterocycles. The lowest BCUT2D eigenvalue weighted by atomic mass is 9.87. The summed E-state index contributed by atoms with van der Waals surface area (Å²) in [6.07, 6.45) is 4.94. The van der Waals surface area contributed by atoms with Crippen LogP contribution in [0.3, 0.4) is 0 Å². The summed E-state index contributed by atoms with van der Waals surface area (Å²) in [5, 5.41) is 22.0. The number of hydrogen-bond donors (Lipinski definition) is 2. The molecule has 2 atom stereocenters. The molecule has 5 rings (SSSR count).